The SMILES string of the molecule is CCN1CCCC1CN(C)CC1(CN)CCOCC1. The third-order valence-electron chi connectivity index (χ3n) is 5.02. The van der Waals surface area contributed by atoms with Gasteiger partial charge in [-0.25, -0.2) is 0 Å². The number of hydrogen-bond acceptors (Lipinski definition) is 4. The molecule has 0 aliphatic carbocycles. The minimum atomic E-state index is 0.294. The fourth-order valence-corrected chi connectivity index (χ4v) is 3.75. The van der Waals surface area contributed by atoms with Gasteiger partial charge in [0, 0.05) is 32.3 Å². The molecule has 1 atom stereocenters. The third kappa shape index (κ3) is 3.91. The first-order valence-corrected chi connectivity index (χ1v) is 7.89. The van der Waals surface area contributed by atoms with Crippen molar-refractivity contribution >= 4 is 0 Å². The van der Waals surface area contributed by atoms with E-state index in [1.165, 1.54) is 32.5 Å². The molecule has 2 rings (SSSR count). The first-order valence-electron chi connectivity index (χ1n) is 7.89. The quantitative estimate of drug-likeness (QED) is 0.786. The summed E-state index contributed by atoms with van der Waals surface area (Å²) < 4.78 is 5.49. The number of nitrogens with zero attached hydrogens (tertiary/aromatic N) is 2. The molecule has 1 unspecified atom stereocenters. The van der Waals surface area contributed by atoms with Crippen LogP contribution in [0.5, 0.6) is 0 Å². The second-order valence-electron chi connectivity index (χ2n) is 6.44. The summed E-state index contributed by atoms with van der Waals surface area (Å²) in [6.07, 6.45) is 4.96. The summed E-state index contributed by atoms with van der Waals surface area (Å²) in [6, 6.07) is 0.754. The highest BCUT2D eigenvalue weighted by Gasteiger charge is 2.33. The number of rotatable bonds is 6. The predicted octanol–water partition coefficient (Wildman–Crippen LogP) is 1.16. The lowest BCUT2D eigenvalue weighted by Crippen LogP contribution is -2.48. The van der Waals surface area contributed by atoms with E-state index in [4.69, 9.17) is 10.5 Å². The van der Waals surface area contributed by atoms with Gasteiger partial charge in [-0.15, -0.1) is 0 Å². The number of likely N-dealkylation sites (tertiary alicyclic amines) is 1. The van der Waals surface area contributed by atoms with Gasteiger partial charge >= 0.3 is 0 Å². The molecule has 2 N–H and O–H groups in total. The van der Waals surface area contributed by atoms with Crippen LogP contribution in [0.2, 0.25) is 0 Å². The summed E-state index contributed by atoms with van der Waals surface area (Å²) >= 11 is 0. The van der Waals surface area contributed by atoms with Gasteiger partial charge in [0.25, 0.3) is 0 Å². The van der Waals surface area contributed by atoms with Crippen LogP contribution in [0.25, 0.3) is 0 Å². The second-order valence-corrected chi connectivity index (χ2v) is 6.44. The van der Waals surface area contributed by atoms with E-state index in [1.54, 1.807) is 0 Å². The van der Waals surface area contributed by atoms with Crippen LogP contribution in [0, 0.1) is 5.41 Å². The van der Waals surface area contributed by atoms with Gasteiger partial charge < -0.3 is 15.4 Å². The van der Waals surface area contributed by atoms with Crippen molar-refractivity contribution in [2.24, 2.45) is 11.1 Å². The van der Waals surface area contributed by atoms with Crippen LogP contribution in [0.1, 0.15) is 32.6 Å². The molecule has 4 heteroatoms. The van der Waals surface area contributed by atoms with Crippen LogP contribution in [0.4, 0.5) is 0 Å². The maximum absolute atomic E-state index is 6.06. The Morgan fingerprint density at radius 2 is 2.11 bits per heavy atom. The summed E-state index contributed by atoms with van der Waals surface area (Å²) in [5.41, 5.74) is 6.35. The average Bonchev–Trinajstić information content (AvgIpc) is 2.86. The number of hydrogen-bond donors (Lipinski definition) is 1. The Morgan fingerprint density at radius 1 is 1.37 bits per heavy atom. The van der Waals surface area contributed by atoms with Gasteiger partial charge in [-0.2, -0.15) is 0 Å². The van der Waals surface area contributed by atoms with E-state index in [-0.39, 0.29) is 0 Å². The molecule has 2 heterocycles. The molecular formula is C15H31N3O. The van der Waals surface area contributed by atoms with Gasteiger partial charge in [-0.3, -0.25) is 4.90 Å². The van der Waals surface area contributed by atoms with Crippen molar-refractivity contribution < 1.29 is 4.74 Å². The molecule has 0 amide bonds. The highest BCUT2D eigenvalue weighted by molar-refractivity contribution is 4.87. The number of likely N-dealkylation sites (N-methyl/N-ethyl adjacent to an activating group) is 2. The summed E-state index contributed by atoms with van der Waals surface area (Å²) in [5, 5.41) is 0. The first-order chi connectivity index (χ1) is 9.19. The first kappa shape index (κ1) is 15.2. The minimum Gasteiger partial charge on any atom is -0.381 e. The summed E-state index contributed by atoms with van der Waals surface area (Å²) in [4.78, 5) is 5.13. The van der Waals surface area contributed by atoms with E-state index in [0.29, 0.717) is 5.41 Å². The van der Waals surface area contributed by atoms with E-state index in [1.807, 2.05) is 0 Å². The monoisotopic (exact) mass is 269 g/mol. The van der Waals surface area contributed by atoms with Crippen molar-refractivity contribution in [3.05, 3.63) is 0 Å². The molecule has 2 aliphatic heterocycles. The van der Waals surface area contributed by atoms with E-state index >= 15 is 0 Å². The minimum absolute atomic E-state index is 0.294. The fourth-order valence-electron chi connectivity index (χ4n) is 3.75. The normalized spacial score (nSPS) is 28.1. The van der Waals surface area contributed by atoms with Crippen molar-refractivity contribution in [1.29, 1.82) is 0 Å². The Kier molecular flexibility index (Phi) is 5.63. The van der Waals surface area contributed by atoms with E-state index < -0.39 is 0 Å². The van der Waals surface area contributed by atoms with Crippen LogP contribution in [-0.4, -0.2) is 68.8 Å². The van der Waals surface area contributed by atoms with Crippen LogP contribution < -0.4 is 5.73 Å². The standard InChI is InChI=1S/C15H31N3O/c1-3-18-8-4-5-14(18)11-17(2)13-15(12-16)6-9-19-10-7-15/h14H,3-13,16H2,1-2H3. The molecule has 0 radical (unpaired) electrons. The van der Waals surface area contributed by atoms with Crippen LogP contribution in [0.15, 0.2) is 0 Å². The van der Waals surface area contributed by atoms with Gasteiger partial charge in [0.2, 0.25) is 0 Å². The molecule has 112 valence electrons. The van der Waals surface area contributed by atoms with E-state index in [2.05, 4.69) is 23.8 Å². The zero-order valence-electron chi connectivity index (χ0n) is 12.7. The molecule has 0 saturated carbocycles. The summed E-state index contributed by atoms with van der Waals surface area (Å²) in [7, 11) is 2.26. The zero-order valence-corrected chi connectivity index (χ0v) is 12.7. The Hall–Kier alpha value is -0.160. The lowest BCUT2D eigenvalue weighted by Gasteiger charge is -2.40. The van der Waals surface area contributed by atoms with Gasteiger partial charge in [-0.05, 0) is 57.8 Å². The van der Waals surface area contributed by atoms with Crippen molar-refractivity contribution in [2.45, 2.75) is 38.6 Å². The molecule has 0 aromatic heterocycles. The summed E-state index contributed by atoms with van der Waals surface area (Å²) in [5.74, 6) is 0. The molecule has 2 fully saturated rings. The molecule has 0 aromatic carbocycles. The zero-order chi connectivity index (χ0) is 13.7. The highest BCUT2D eigenvalue weighted by atomic mass is 16.5. The van der Waals surface area contributed by atoms with E-state index in [9.17, 15) is 0 Å². The molecule has 19 heavy (non-hydrogen) atoms. The topological polar surface area (TPSA) is 41.7 Å². The van der Waals surface area contributed by atoms with Gasteiger partial charge in [-0.1, -0.05) is 6.92 Å². The molecule has 0 spiro atoms. The third-order valence-corrected chi connectivity index (χ3v) is 5.02. The predicted molar refractivity (Wildman–Crippen MR) is 79.3 cm³/mol. The number of ether oxygens (including phenoxy) is 1. The highest BCUT2D eigenvalue weighted by Crippen LogP contribution is 2.30. The van der Waals surface area contributed by atoms with Gasteiger partial charge in [0.15, 0.2) is 0 Å². The lowest BCUT2D eigenvalue weighted by atomic mass is 9.80. The largest absolute Gasteiger partial charge is 0.381 e. The maximum atomic E-state index is 6.06. The number of nitrogens with two attached hydrogens (primary N) is 1. The van der Waals surface area contributed by atoms with Crippen LogP contribution in [-0.2, 0) is 4.74 Å². The maximum Gasteiger partial charge on any atom is 0.0472 e. The Bertz CT molecular complexity index is 266. The smallest absolute Gasteiger partial charge is 0.0472 e. The Labute approximate surface area is 118 Å². The van der Waals surface area contributed by atoms with Gasteiger partial charge in [0.1, 0.15) is 0 Å². The van der Waals surface area contributed by atoms with E-state index in [0.717, 1.165) is 45.2 Å². The lowest BCUT2D eigenvalue weighted by molar-refractivity contribution is 0.00109. The average molecular weight is 269 g/mol. The molecule has 0 aromatic rings. The molecule has 2 saturated heterocycles. The van der Waals surface area contributed by atoms with Crippen LogP contribution in [0.3, 0.4) is 0 Å². The molecule has 0 bridgehead atoms. The molecular weight excluding hydrogens is 238 g/mol. The Morgan fingerprint density at radius 3 is 2.74 bits per heavy atom. The van der Waals surface area contributed by atoms with Gasteiger partial charge in [0.05, 0.1) is 0 Å². The molecule has 2 aliphatic rings. The fraction of sp³-hybridized carbons (Fsp3) is 1.00. The van der Waals surface area contributed by atoms with Crippen LogP contribution >= 0.6 is 0 Å². The van der Waals surface area contributed by atoms with Crippen molar-refractivity contribution in [2.75, 3.05) is 53.0 Å². The van der Waals surface area contributed by atoms with Crippen molar-refractivity contribution in [3.63, 3.8) is 0 Å². The Balaban J connectivity index is 1.83. The second kappa shape index (κ2) is 7.02. The van der Waals surface area contributed by atoms with Crippen molar-refractivity contribution in [3.8, 4) is 0 Å². The van der Waals surface area contributed by atoms with Crippen molar-refractivity contribution in [1.82, 2.24) is 9.80 Å². The summed E-state index contributed by atoms with van der Waals surface area (Å²) in [6.45, 7) is 9.63. The molecule has 4 nitrogen and oxygen atoms in total.